The second-order valence-corrected chi connectivity index (χ2v) is 2.13. The Morgan fingerprint density at radius 3 is 2.57 bits per heavy atom. The second kappa shape index (κ2) is 3.49. The number of nitriles is 1. The van der Waals surface area contributed by atoms with Gasteiger partial charge in [0.2, 0.25) is 5.88 Å². The first-order valence-corrected chi connectivity index (χ1v) is 3.24. The van der Waals surface area contributed by atoms with Gasteiger partial charge in [-0.15, -0.1) is 13.2 Å². The third kappa shape index (κ3) is 2.32. The van der Waals surface area contributed by atoms with E-state index in [1.165, 1.54) is 6.07 Å². The van der Waals surface area contributed by atoms with Crippen molar-refractivity contribution in [2.75, 3.05) is 0 Å². The summed E-state index contributed by atoms with van der Waals surface area (Å²) in [7, 11) is 0. The van der Waals surface area contributed by atoms with E-state index in [1.54, 1.807) is 0 Å². The maximum absolute atomic E-state index is 12.7. The molecule has 0 amide bonds. The van der Waals surface area contributed by atoms with Crippen molar-refractivity contribution in [3.63, 3.8) is 0 Å². The summed E-state index contributed by atoms with van der Waals surface area (Å²) in [6, 6.07) is 1.99. The molecule has 0 aromatic carbocycles. The fraction of sp³-hybridized carbons (Fsp3) is 0.143. The van der Waals surface area contributed by atoms with E-state index in [4.69, 9.17) is 5.26 Å². The third-order valence-electron chi connectivity index (χ3n) is 1.19. The molecule has 0 unspecified atom stereocenters. The van der Waals surface area contributed by atoms with Crippen LogP contribution in [0.25, 0.3) is 0 Å². The summed E-state index contributed by atoms with van der Waals surface area (Å²) in [4.78, 5) is 3.09. The van der Waals surface area contributed by atoms with Crippen molar-refractivity contribution >= 4 is 0 Å². The van der Waals surface area contributed by atoms with E-state index >= 15 is 0 Å². The van der Waals surface area contributed by atoms with E-state index in [1.807, 2.05) is 0 Å². The minimum Gasteiger partial charge on any atom is -0.386 e. The first kappa shape index (κ1) is 10.2. The monoisotopic (exact) mass is 206 g/mol. The molecule has 14 heavy (non-hydrogen) atoms. The van der Waals surface area contributed by atoms with Crippen molar-refractivity contribution in [3.05, 3.63) is 23.6 Å². The predicted molar refractivity (Wildman–Crippen MR) is 35.6 cm³/mol. The Morgan fingerprint density at radius 1 is 1.43 bits per heavy atom. The van der Waals surface area contributed by atoms with E-state index in [-0.39, 0.29) is 0 Å². The minimum absolute atomic E-state index is 0.766. The van der Waals surface area contributed by atoms with Crippen LogP contribution in [0.5, 0.6) is 5.88 Å². The molecular weight excluding hydrogens is 204 g/mol. The van der Waals surface area contributed by atoms with E-state index in [2.05, 4.69) is 9.72 Å². The zero-order valence-corrected chi connectivity index (χ0v) is 6.47. The Balaban J connectivity index is 3.10. The van der Waals surface area contributed by atoms with E-state index in [0.29, 0.717) is 0 Å². The molecule has 0 fully saturated rings. The lowest BCUT2D eigenvalue weighted by molar-refractivity contribution is -0.276. The van der Waals surface area contributed by atoms with Gasteiger partial charge in [-0.2, -0.15) is 5.26 Å². The number of aromatic nitrogens is 1. The highest BCUT2D eigenvalue weighted by Gasteiger charge is 2.33. The molecule has 0 saturated carbocycles. The van der Waals surface area contributed by atoms with Gasteiger partial charge < -0.3 is 4.74 Å². The van der Waals surface area contributed by atoms with Gasteiger partial charge >= 0.3 is 6.36 Å². The van der Waals surface area contributed by atoms with Gasteiger partial charge in [0.05, 0.1) is 0 Å². The van der Waals surface area contributed by atoms with Crippen LogP contribution in [0.4, 0.5) is 17.6 Å². The van der Waals surface area contributed by atoms with Crippen molar-refractivity contribution in [2.45, 2.75) is 6.36 Å². The molecule has 3 nitrogen and oxygen atoms in total. The summed E-state index contributed by atoms with van der Waals surface area (Å²) in [5.41, 5.74) is -0.871. The molecule has 7 heteroatoms. The molecule has 74 valence electrons. The highest BCUT2D eigenvalue weighted by atomic mass is 19.4. The number of hydrogen-bond donors (Lipinski definition) is 0. The summed E-state index contributed by atoms with van der Waals surface area (Å²) in [6.07, 6.45) is -4.22. The Morgan fingerprint density at radius 2 is 2.07 bits per heavy atom. The average Bonchev–Trinajstić information content (AvgIpc) is 2.01. The lowest BCUT2D eigenvalue weighted by Crippen LogP contribution is -2.19. The Labute approximate surface area is 75.5 Å². The normalized spacial score (nSPS) is 10.8. The van der Waals surface area contributed by atoms with Crippen molar-refractivity contribution in [1.82, 2.24) is 4.98 Å². The molecule has 1 heterocycles. The standard InChI is InChI=1S/C7H2F4N2O/c8-5-1-2-13-6(4(5)3-12)14-7(9,10)11/h1-2H. The van der Waals surface area contributed by atoms with Crippen LogP contribution in [0.2, 0.25) is 0 Å². The number of alkyl halides is 3. The SMILES string of the molecule is N#Cc1c(F)ccnc1OC(F)(F)F. The largest absolute Gasteiger partial charge is 0.574 e. The van der Waals surface area contributed by atoms with Crippen molar-refractivity contribution in [1.29, 1.82) is 5.26 Å². The Kier molecular flexibility index (Phi) is 2.56. The van der Waals surface area contributed by atoms with Gasteiger partial charge in [-0.25, -0.2) is 9.37 Å². The lowest BCUT2D eigenvalue weighted by atomic mass is 10.3. The molecule has 0 spiro atoms. The summed E-state index contributed by atoms with van der Waals surface area (Å²) in [5, 5.41) is 8.32. The maximum atomic E-state index is 12.7. The van der Waals surface area contributed by atoms with Gasteiger partial charge in [0, 0.05) is 6.20 Å². The molecule has 0 aliphatic rings. The zero-order valence-electron chi connectivity index (χ0n) is 6.47. The van der Waals surface area contributed by atoms with Crippen LogP contribution in [-0.4, -0.2) is 11.3 Å². The van der Waals surface area contributed by atoms with Gasteiger partial charge in [0.15, 0.2) is 5.56 Å². The molecule has 1 aromatic heterocycles. The van der Waals surface area contributed by atoms with Crippen LogP contribution in [0.15, 0.2) is 12.3 Å². The van der Waals surface area contributed by atoms with Crippen molar-refractivity contribution in [2.24, 2.45) is 0 Å². The van der Waals surface area contributed by atoms with Crippen LogP contribution < -0.4 is 4.74 Å². The third-order valence-corrected chi connectivity index (χ3v) is 1.19. The van der Waals surface area contributed by atoms with Crippen LogP contribution >= 0.6 is 0 Å². The topological polar surface area (TPSA) is 45.9 Å². The molecule has 0 radical (unpaired) electrons. The van der Waals surface area contributed by atoms with Crippen LogP contribution in [0.1, 0.15) is 5.56 Å². The van der Waals surface area contributed by atoms with Gasteiger partial charge in [-0.1, -0.05) is 0 Å². The quantitative estimate of drug-likeness (QED) is 0.660. The molecule has 0 atom stereocenters. The number of rotatable bonds is 1. The first-order valence-electron chi connectivity index (χ1n) is 3.24. The Bertz CT molecular complexity index is 382. The van der Waals surface area contributed by atoms with Crippen molar-refractivity contribution < 1.29 is 22.3 Å². The van der Waals surface area contributed by atoms with Gasteiger partial charge in [0.25, 0.3) is 0 Å². The first-order chi connectivity index (χ1) is 6.44. The van der Waals surface area contributed by atoms with Crippen molar-refractivity contribution in [3.8, 4) is 11.9 Å². The number of hydrogen-bond acceptors (Lipinski definition) is 3. The van der Waals surface area contributed by atoms with Crippen LogP contribution in [0, 0.1) is 17.1 Å². The summed E-state index contributed by atoms with van der Waals surface area (Å²) < 4.78 is 51.1. The predicted octanol–water partition coefficient (Wildman–Crippen LogP) is 1.99. The lowest BCUT2D eigenvalue weighted by Gasteiger charge is -2.08. The summed E-state index contributed by atoms with van der Waals surface area (Å²) >= 11 is 0. The molecule has 0 saturated heterocycles. The molecule has 0 aliphatic carbocycles. The highest BCUT2D eigenvalue weighted by molar-refractivity contribution is 5.38. The van der Waals surface area contributed by atoms with E-state index in [0.717, 1.165) is 12.3 Å². The number of nitrogens with zero attached hydrogens (tertiary/aromatic N) is 2. The minimum atomic E-state index is -4.99. The molecule has 0 bridgehead atoms. The summed E-state index contributed by atoms with van der Waals surface area (Å²) in [5.74, 6) is -2.19. The number of ether oxygens (including phenoxy) is 1. The van der Waals surface area contributed by atoms with E-state index < -0.39 is 23.6 Å². The molecule has 1 aromatic rings. The summed E-state index contributed by atoms with van der Waals surface area (Å²) in [6.45, 7) is 0. The fourth-order valence-corrected chi connectivity index (χ4v) is 0.709. The number of halogens is 4. The van der Waals surface area contributed by atoms with Gasteiger partial charge in [-0.3, -0.25) is 0 Å². The zero-order chi connectivity index (χ0) is 10.8. The fourth-order valence-electron chi connectivity index (χ4n) is 0.709. The smallest absolute Gasteiger partial charge is 0.386 e. The van der Waals surface area contributed by atoms with Crippen LogP contribution in [0.3, 0.4) is 0 Å². The van der Waals surface area contributed by atoms with E-state index in [9.17, 15) is 17.6 Å². The number of pyridine rings is 1. The molecule has 0 aliphatic heterocycles. The maximum Gasteiger partial charge on any atom is 0.574 e. The molecule has 1 rings (SSSR count). The van der Waals surface area contributed by atoms with Gasteiger partial charge in [-0.05, 0) is 6.07 Å². The second-order valence-electron chi connectivity index (χ2n) is 2.13. The Hall–Kier alpha value is -1.84. The highest BCUT2D eigenvalue weighted by Crippen LogP contribution is 2.24. The molecule has 0 N–H and O–H groups in total. The average molecular weight is 206 g/mol. The van der Waals surface area contributed by atoms with Gasteiger partial charge in [0.1, 0.15) is 11.9 Å². The molecular formula is C7H2F4N2O. The van der Waals surface area contributed by atoms with Crippen LogP contribution in [-0.2, 0) is 0 Å².